The summed E-state index contributed by atoms with van der Waals surface area (Å²) < 4.78 is 4.78. The lowest BCUT2D eigenvalue weighted by Gasteiger charge is -2.28. The van der Waals surface area contributed by atoms with Crippen LogP contribution >= 0.6 is 0 Å². The highest BCUT2D eigenvalue weighted by Crippen LogP contribution is 2.30. The third kappa shape index (κ3) is 3.19. The summed E-state index contributed by atoms with van der Waals surface area (Å²) in [5.74, 6) is -0.605. The van der Waals surface area contributed by atoms with Gasteiger partial charge in [-0.25, -0.2) is 4.79 Å². The normalized spacial score (nSPS) is 19.7. The topological polar surface area (TPSA) is 81.4 Å². The SMILES string of the molecule is CCCC(N)C(=O)NC1(C(=O)OC)CCCC1. The van der Waals surface area contributed by atoms with E-state index in [9.17, 15) is 9.59 Å². The number of amides is 1. The zero-order chi connectivity index (χ0) is 12.9. The van der Waals surface area contributed by atoms with Crippen molar-refractivity contribution in [3.8, 4) is 0 Å². The standard InChI is InChI=1S/C12H22N2O3/c1-3-6-9(13)10(15)14-12(11(16)17-2)7-4-5-8-12/h9H,3-8,13H2,1-2H3,(H,14,15). The lowest BCUT2D eigenvalue weighted by Crippen LogP contribution is -2.57. The molecule has 1 rings (SSSR count). The van der Waals surface area contributed by atoms with E-state index in [1.54, 1.807) is 0 Å². The van der Waals surface area contributed by atoms with Crippen LogP contribution in [-0.2, 0) is 14.3 Å². The van der Waals surface area contributed by atoms with E-state index in [4.69, 9.17) is 10.5 Å². The molecule has 0 aromatic carbocycles. The molecule has 1 aliphatic rings. The Labute approximate surface area is 102 Å². The van der Waals surface area contributed by atoms with Gasteiger partial charge in [-0.15, -0.1) is 0 Å². The van der Waals surface area contributed by atoms with Crippen molar-refractivity contribution in [2.45, 2.75) is 57.0 Å². The van der Waals surface area contributed by atoms with Crippen molar-refractivity contribution in [2.24, 2.45) is 5.73 Å². The molecule has 0 aliphatic heterocycles. The molecular formula is C12H22N2O3. The average molecular weight is 242 g/mol. The van der Waals surface area contributed by atoms with Gasteiger partial charge >= 0.3 is 5.97 Å². The van der Waals surface area contributed by atoms with Gasteiger partial charge in [-0.2, -0.15) is 0 Å². The maximum atomic E-state index is 11.9. The number of carbonyl (C=O) groups is 2. The first-order chi connectivity index (χ1) is 8.05. The van der Waals surface area contributed by atoms with Gasteiger partial charge in [0.15, 0.2) is 0 Å². The van der Waals surface area contributed by atoms with Crippen LogP contribution in [0, 0.1) is 0 Å². The number of ether oxygens (including phenoxy) is 1. The molecule has 1 amide bonds. The molecule has 5 heteroatoms. The van der Waals surface area contributed by atoms with E-state index in [0.29, 0.717) is 19.3 Å². The zero-order valence-corrected chi connectivity index (χ0v) is 10.6. The molecule has 0 spiro atoms. The van der Waals surface area contributed by atoms with Gasteiger partial charge in [0.2, 0.25) is 5.91 Å². The predicted molar refractivity (Wildman–Crippen MR) is 64.2 cm³/mol. The smallest absolute Gasteiger partial charge is 0.331 e. The molecule has 98 valence electrons. The second kappa shape index (κ2) is 6.00. The van der Waals surface area contributed by atoms with Gasteiger partial charge < -0.3 is 15.8 Å². The van der Waals surface area contributed by atoms with E-state index in [1.165, 1.54) is 7.11 Å². The Kier molecular flexibility index (Phi) is 4.93. The van der Waals surface area contributed by atoms with Crippen molar-refractivity contribution in [3.05, 3.63) is 0 Å². The fourth-order valence-electron chi connectivity index (χ4n) is 2.32. The molecule has 1 saturated carbocycles. The summed E-state index contributed by atoms with van der Waals surface area (Å²) in [6.45, 7) is 1.97. The highest BCUT2D eigenvalue weighted by molar-refractivity contribution is 5.90. The largest absolute Gasteiger partial charge is 0.467 e. The third-order valence-corrected chi connectivity index (χ3v) is 3.33. The van der Waals surface area contributed by atoms with Gasteiger partial charge in [-0.3, -0.25) is 4.79 Å². The zero-order valence-electron chi connectivity index (χ0n) is 10.6. The molecule has 0 saturated heterocycles. The van der Waals surface area contributed by atoms with Crippen molar-refractivity contribution >= 4 is 11.9 Å². The monoisotopic (exact) mass is 242 g/mol. The van der Waals surface area contributed by atoms with E-state index in [2.05, 4.69) is 5.32 Å². The third-order valence-electron chi connectivity index (χ3n) is 3.33. The number of esters is 1. The fourth-order valence-corrected chi connectivity index (χ4v) is 2.32. The Morgan fingerprint density at radius 2 is 2.00 bits per heavy atom. The van der Waals surface area contributed by atoms with Gasteiger partial charge in [-0.1, -0.05) is 26.2 Å². The second-order valence-corrected chi connectivity index (χ2v) is 4.67. The number of methoxy groups -OCH3 is 1. The van der Waals surface area contributed by atoms with E-state index in [1.807, 2.05) is 6.92 Å². The minimum atomic E-state index is -0.836. The predicted octanol–water partition coefficient (Wildman–Crippen LogP) is 0.716. The lowest BCUT2D eigenvalue weighted by atomic mass is 9.96. The van der Waals surface area contributed by atoms with Crippen LogP contribution in [0.25, 0.3) is 0 Å². The van der Waals surface area contributed by atoms with Crippen LogP contribution in [0.4, 0.5) is 0 Å². The first-order valence-corrected chi connectivity index (χ1v) is 6.22. The summed E-state index contributed by atoms with van der Waals surface area (Å²) in [6.07, 6.45) is 4.62. The van der Waals surface area contributed by atoms with Gasteiger partial charge in [0.25, 0.3) is 0 Å². The maximum absolute atomic E-state index is 11.9. The summed E-state index contributed by atoms with van der Waals surface area (Å²) in [6, 6.07) is -0.540. The number of hydrogen-bond donors (Lipinski definition) is 2. The molecule has 0 heterocycles. The van der Waals surface area contributed by atoms with E-state index in [-0.39, 0.29) is 11.9 Å². The molecule has 1 aliphatic carbocycles. The summed E-state index contributed by atoms with van der Waals surface area (Å²) in [5.41, 5.74) is 4.91. The highest BCUT2D eigenvalue weighted by Gasteiger charge is 2.44. The molecule has 5 nitrogen and oxygen atoms in total. The summed E-state index contributed by atoms with van der Waals surface area (Å²) in [7, 11) is 1.35. The number of carbonyl (C=O) groups excluding carboxylic acids is 2. The van der Waals surface area contributed by atoms with Crippen LogP contribution in [0.2, 0.25) is 0 Å². The van der Waals surface area contributed by atoms with Crippen molar-refractivity contribution in [1.29, 1.82) is 0 Å². The minimum absolute atomic E-state index is 0.251. The van der Waals surface area contributed by atoms with Crippen LogP contribution < -0.4 is 11.1 Å². The first kappa shape index (κ1) is 14.0. The van der Waals surface area contributed by atoms with E-state index >= 15 is 0 Å². The quantitative estimate of drug-likeness (QED) is 0.696. The Balaban J connectivity index is 2.67. The Morgan fingerprint density at radius 3 is 2.47 bits per heavy atom. The summed E-state index contributed by atoms with van der Waals surface area (Å²) >= 11 is 0. The lowest BCUT2D eigenvalue weighted by molar-refractivity contribution is -0.151. The van der Waals surface area contributed by atoms with Crippen LogP contribution in [-0.4, -0.2) is 30.6 Å². The van der Waals surface area contributed by atoms with Crippen LogP contribution in [0.15, 0.2) is 0 Å². The van der Waals surface area contributed by atoms with Crippen LogP contribution in [0.3, 0.4) is 0 Å². The van der Waals surface area contributed by atoms with Gasteiger partial charge in [0.05, 0.1) is 13.2 Å². The summed E-state index contributed by atoms with van der Waals surface area (Å²) in [4.78, 5) is 23.6. The molecule has 0 aromatic rings. The molecule has 1 unspecified atom stereocenters. The number of nitrogens with one attached hydrogen (secondary N) is 1. The molecule has 0 bridgehead atoms. The molecule has 3 N–H and O–H groups in total. The molecule has 0 aromatic heterocycles. The highest BCUT2D eigenvalue weighted by atomic mass is 16.5. The van der Waals surface area contributed by atoms with Crippen molar-refractivity contribution < 1.29 is 14.3 Å². The molecule has 17 heavy (non-hydrogen) atoms. The van der Waals surface area contributed by atoms with Gasteiger partial charge in [-0.05, 0) is 19.3 Å². The van der Waals surface area contributed by atoms with Gasteiger partial charge in [0, 0.05) is 0 Å². The van der Waals surface area contributed by atoms with Crippen LogP contribution in [0.5, 0.6) is 0 Å². The second-order valence-electron chi connectivity index (χ2n) is 4.67. The van der Waals surface area contributed by atoms with E-state index in [0.717, 1.165) is 19.3 Å². The summed E-state index contributed by atoms with van der Waals surface area (Å²) in [5, 5.41) is 2.79. The first-order valence-electron chi connectivity index (χ1n) is 6.22. The van der Waals surface area contributed by atoms with Crippen molar-refractivity contribution in [2.75, 3.05) is 7.11 Å². The molecular weight excluding hydrogens is 220 g/mol. The van der Waals surface area contributed by atoms with E-state index < -0.39 is 11.6 Å². The maximum Gasteiger partial charge on any atom is 0.331 e. The number of hydrogen-bond acceptors (Lipinski definition) is 4. The number of nitrogens with two attached hydrogens (primary N) is 1. The number of rotatable bonds is 5. The molecule has 1 fully saturated rings. The Hall–Kier alpha value is -1.10. The molecule has 1 atom stereocenters. The molecule has 0 radical (unpaired) electrons. The minimum Gasteiger partial charge on any atom is -0.467 e. The Morgan fingerprint density at radius 1 is 1.41 bits per heavy atom. The van der Waals surface area contributed by atoms with Crippen molar-refractivity contribution in [1.82, 2.24) is 5.32 Å². The van der Waals surface area contributed by atoms with Crippen LogP contribution in [0.1, 0.15) is 45.4 Å². The van der Waals surface area contributed by atoms with Crippen molar-refractivity contribution in [3.63, 3.8) is 0 Å². The fraction of sp³-hybridized carbons (Fsp3) is 0.833. The average Bonchev–Trinajstić information content (AvgIpc) is 2.78. The van der Waals surface area contributed by atoms with Gasteiger partial charge in [0.1, 0.15) is 5.54 Å². The Bertz CT molecular complexity index is 285.